The van der Waals surface area contributed by atoms with Crippen LogP contribution in [0.2, 0.25) is 0 Å². The van der Waals surface area contributed by atoms with Crippen LogP contribution >= 0.6 is 0 Å². The molecule has 0 amide bonds. The van der Waals surface area contributed by atoms with Gasteiger partial charge in [-0.1, -0.05) is 6.07 Å². The highest BCUT2D eigenvalue weighted by Crippen LogP contribution is 2.39. The molecule has 0 bridgehead atoms. The molecule has 0 aromatic heterocycles. The van der Waals surface area contributed by atoms with E-state index in [0.717, 1.165) is 0 Å². The highest BCUT2D eigenvalue weighted by molar-refractivity contribution is 6.54. The first kappa shape index (κ1) is 22.6. The molecule has 1 aromatic rings. The fourth-order valence-corrected chi connectivity index (χ4v) is 2.46. The molecule has 1 heterocycles. The van der Waals surface area contributed by atoms with Gasteiger partial charge < -0.3 is 18.8 Å². The van der Waals surface area contributed by atoms with E-state index in [-0.39, 0.29) is 18.1 Å². The lowest BCUT2D eigenvalue weighted by Gasteiger charge is -2.32. The number of rotatable bonds is 7. The summed E-state index contributed by atoms with van der Waals surface area (Å²) in [4.78, 5) is 0. The molecule has 0 radical (unpaired) electrons. The van der Waals surface area contributed by atoms with Gasteiger partial charge in [-0.2, -0.15) is 13.2 Å². The van der Waals surface area contributed by atoms with Gasteiger partial charge in [0.1, 0.15) is 5.73 Å². The number of benzene rings is 1. The van der Waals surface area contributed by atoms with E-state index in [1.54, 1.807) is 6.92 Å². The first-order valence-corrected chi connectivity index (χ1v) is 9.04. The largest absolute Gasteiger partial charge is 0.525 e. The Balaban J connectivity index is 2.15. The Labute approximate surface area is 162 Å². The molecular weight excluding hydrogens is 379 g/mol. The van der Waals surface area contributed by atoms with E-state index in [1.165, 1.54) is 24.3 Å². The summed E-state index contributed by atoms with van der Waals surface area (Å²) < 4.78 is 73.4. The molecule has 156 valence electrons. The third-order valence-corrected chi connectivity index (χ3v) is 4.69. The van der Waals surface area contributed by atoms with Crippen molar-refractivity contribution in [2.45, 2.75) is 58.4 Å². The average molecular weight is 404 g/mol. The first-order chi connectivity index (χ1) is 12.8. The number of ether oxygens (including phenoxy) is 2. The van der Waals surface area contributed by atoms with E-state index in [9.17, 15) is 17.6 Å². The summed E-state index contributed by atoms with van der Waals surface area (Å²) in [5, 5.41) is 0. The van der Waals surface area contributed by atoms with Crippen LogP contribution < -0.4 is 9.47 Å². The predicted octanol–water partition coefficient (Wildman–Crippen LogP) is 5.36. The van der Waals surface area contributed by atoms with Gasteiger partial charge in [-0.25, -0.2) is 4.39 Å². The summed E-state index contributed by atoms with van der Waals surface area (Å²) in [5.41, 5.74) is -1.52. The van der Waals surface area contributed by atoms with Crippen molar-refractivity contribution in [3.8, 4) is 11.5 Å². The molecule has 0 aliphatic carbocycles. The Morgan fingerprint density at radius 3 is 2.21 bits per heavy atom. The van der Waals surface area contributed by atoms with Crippen molar-refractivity contribution >= 4 is 13.2 Å². The Bertz CT molecular complexity index is 700. The topological polar surface area (TPSA) is 36.9 Å². The van der Waals surface area contributed by atoms with Crippen molar-refractivity contribution in [2.75, 3.05) is 13.2 Å². The molecular formula is C19H25BF4O4. The molecule has 1 aromatic carbocycles. The molecule has 0 N–H and O–H groups in total. The third-order valence-electron chi connectivity index (χ3n) is 4.69. The Morgan fingerprint density at radius 1 is 1.07 bits per heavy atom. The van der Waals surface area contributed by atoms with E-state index >= 15 is 0 Å². The van der Waals surface area contributed by atoms with E-state index < -0.39 is 43.3 Å². The fraction of sp³-hybridized carbons (Fsp3) is 0.579. The summed E-state index contributed by atoms with van der Waals surface area (Å²) in [6.45, 7) is 8.76. The normalized spacial score (nSPS) is 19.0. The molecule has 28 heavy (non-hydrogen) atoms. The zero-order chi connectivity index (χ0) is 21.2. The van der Waals surface area contributed by atoms with Crippen molar-refractivity contribution < 1.29 is 36.3 Å². The van der Waals surface area contributed by atoms with Crippen LogP contribution in [0, 0.1) is 0 Å². The molecule has 0 atom stereocenters. The lowest BCUT2D eigenvalue weighted by atomic mass is 9.87. The van der Waals surface area contributed by atoms with Crippen LogP contribution in [0.25, 0.3) is 6.08 Å². The van der Waals surface area contributed by atoms with Gasteiger partial charge in [-0.05, 0) is 58.4 Å². The van der Waals surface area contributed by atoms with Gasteiger partial charge in [0.15, 0.2) is 11.5 Å². The Kier molecular flexibility index (Phi) is 6.71. The average Bonchev–Trinajstić information content (AvgIpc) is 2.77. The van der Waals surface area contributed by atoms with Crippen LogP contribution in [-0.4, -0.2) is 37.7 Å². The maximum Gasteiger partial charge on any atom is 0.525 e. The smallest absolute Gasteiger partial charge is 0.490 e. The van der Waals surface area contributed by atoms with Gasteiger partial charge in [-0.15, -0.1) is 0 Å². The standard InChI is InChI=1S/C19H25BF4O4/c1-6-25-15-11-13(7-8-14(15)26-10-9-19(22,23)24)12-16(21)20-27-17(2,3)18(4,5)28-20/h7-8,11-12H,6,9-10H2,1-5H3. The third kappa shape index (κ3) is 5.64. The van der Waals surface area contributed by atoms with Gasteiger partial charge in [-0.3, -0.25) is 0 Å². The van der Waals surface area contributed by atoms with E-state index in [1.807, 2.05) is 27.7 Å². The van der Waals surface area contributed by atoms with E-state index in [0.29, 0.717) is 5.56 Å². The highest BCUT2D eigenvalue weighted by atomic mass is 19.4. The van der Waals surface area contributed by atoms with Crippen molar-refractivity contribution in [2.24, 2.45) is 0 Å². The van der Waals surface area contributed by atoms with Gasteiger partial charge in [0.2, 0.25) is 0 Å². The maximum atomic E-state index is 14.6. The van der Waals surface area contributed by atoms with Gasteiger partial charge >= 0.3 is 13.3 Å². The summed E-state index contributed by atoms with van der Waals surface area (Å²) in [7, 11) is -1.14. The monoisotopic (exact) mass is 404 g/mol. The molecule has 0 spiro atoms. The summed E-state index contributed by atoms with van der Waals surface area (Å²) in [6.07, 6.45) is -4.14. The second kappa shape index (κ2) is 8.33. The lowest BCUT2D eigenvalue weighted by Crippen LogP contribution is -2.41. The van der Waals surface area contributed by atoms with Gasteiger partial charge in [0.05, 0.1) is 30.8 Å². The molecule has 2 rings (SSSR count). The van der Waals surface area contributed by atoms with Crippen molar-refractivity contribution in [3.63, 3.8) is 0 Å². The second-order valence-electron chi connectivity index (χ2n) is 7.47. The van der Waals surface area contributed by atoms with Crippen molar-refractivity contribution in [1.29, 1.82) is 0 Å². The zero-order valence-electron chi connectivity index (χ0n) is 16.7. The molecule has 1 aliphatic heterocycles. The van der Waals surface area contributed by atoms with Crippen LogP contribution in [0.3, 0.4) is 0 Å². The predicted molar refractivity (Wildman–Crippen MR) is 98.9 cm³/mol. The first-order valence-electron chi connectivity index (χ1n) is 9.04. The van der Waals surface area contributed by atoms with Crippen LogP contribution in [0.5, 0.6) is 11.5 Å². The van der Waals surface area contributed by atoms with Crippen molar-refractivity contribution in [1.82, 2.24) is 0 Å². The number of halogens is 4. The second-order valence-corrected chi connectivity index (χ2v) is 7.47. The quantitative estimate of drug-likeness (QED) is 0.453. The minimum Gasteiger partial charge on any atom is -0.490 e. The summed E-state index contributed by atoms with van der Waals surface area (Å²) in [5.74, 6) is 0.402. The molecule has 0 unspecified atom stereocenters. The van der Waals surface area contributed by atoms with Gasteiger partial charge in [0, 0.05) is 0 Å². The minimum atomic E-state index is -4.31. The van der Waals surface area contributed by atoms with Crippen LogP contribution in [0.4, 0.5) is 17.6 Å². The SMILES string of the molecule is CCOc1cc(C=C(F)B2OC(C)(C)C(C)(C)O2)ccc1OCCC(F)(F)F. The van der Waals surface area contributed by atoms with E-state index in [4.69, 9.17) is 18.8 Å². The fourth-order valence-electron chi connectivity index (χ4n) is 2.46. The minimum absolute atomic E-state index is 0.166. The highest BCUT2D eigenvalue weighted by Gasteiger charge is 2.53. The molecule has 1 aliphatic rings. The Morgan fingerprint density at radius 2 is 1.68 bits per heavy atom. The van der Waals surface area contributed by atoms with Crippen LogP contribution in [-0.2, 0) is 9.31 Å². The molecule has 4 nitrogen and oxygen atoms in total. The Hall–Kier alpha value is -1.74. The lowest BCUT2D eigenvalue weighted by molar-refractivity contribution is -0.139. The van der Waals surface area contributed by atoms with Crippen molar-refractivity contribution in [3.05, 3.63) is 29.5 Å². The molecule has 1 fully saturated rings. The summed E-state index contributed by atoms with van der Waals surface area (Å²) >= 11 is 0. The summed E-state index contributed by atoms with van der Waals surface area (Å²) in [6, 6.07) is 4.47. The molecule has 1 saturated heterocycles. The number of alkyl halides is 3. The number of hydrogen-bond acceptors (Lipinski definition) is 4. The van der Waals surface area contributed by atoms with Crippen LogP contribution in [0.15, 0.2) is 23.9 Å². The maximum absolute atomic E-state index is 14.6. The van der Waals surface area contributed by atoms with Crippen LogP contribution in [0.1, 0.15) is 46.6 Å². The number of hydrogen-bond donors (Lipinski definition) is 0. The molecule has 9 heteroatoms. The van der Waals surface area contributed by atoms with Gasteiger partial charge in [0.25, 0.3) is 0 Å². The van der Waals surface area contributed by atoms with E-state index in [2.05, 4.69) is 0 Å². The zero-order valence-corrected chi connectivity index (χ0v) is 16.7. The molecule has 0 saturated carbocycles.